The molecule has 0 atom stereocenters. The lowest BCUT2D eigenvalue weighted by Gasteiger charge is -2.00. The van der Waals surface area contributed by atoms with E-state index in [2.05, 4.69) is 16.0 Å². The predicted octanol–water partition coefficient (Wildman–Crippen LogP) is 1.27. The highest BCUT2D eigenvalue weighted by Crippen LogP contribution is 2.47. The normalized spacial score (nSPS) is 19.3. The maximum Gasteiger partial charge on any atom is 0.101 e. The van der Waals surface area contributed by atoms with Crippen molar-refractivity contribution in [3.63, 3.8) is 0 Å². The Labute approximate surface area is 65.1 Å². The first kappa shape index (κ1) is 6.41. The summed E-state index contributed by atoms with van der Waals surface area (Å²) in [6.07, 6.45) is 3.59. The van der Waals surface area contributed by atoms with Gasteiger partial charge in [0.05, 0.1) is 18.1 Å². The van der Waals surface area contributed by atoms with Crippen molar-refractivity contribution < 1.29 is 0 Å². The van der Waals surface area contributed by atoms with Gasteiger partial charge in [-0.15, -0.1) is 0 Å². The Hall–Kier alpha value is -1.30. The molecule has 3 heteroatoms. The fourth-order valence-corrected chi connectivity index (χ4v) is 1.37. The third-order valence-corrected chi connectivity index (χ3v) is 2.25. The molecule has 0 spiro atoms. The molecule has 1 saturated carbocycles. The molecule has 56 valence electrons. The highest BCUT2D eigenvalue weighted by atomic mass is 14.9. The molecule has 1 heterocycles. The van der Waals surface area contributed by atoms with Gasteiger partial charge in [-0.3, -0.25) is 0 Å². The van der Waals surface area contributed by atoms with Crippen LogP contribution in [0.25, 0.3) is 0 Å². The maximum absolute atomic E-state index is 8.85. The highest BCUT2D eigenvalue weighted by molar-refractivity contribution is 5.36. The molecule has 2 rings (SSSR count). The van der Waals surface area contributed by atoms with Crippen LogP contribution in [0.5, 0.6) is 0 Å². The number of nitrogens with one attached hydrogen (secondary N) is 1. The molecule has 1 aliphatic rings. The zero-order valence-electron chi connectivity index (χ0n) is 6.39. The quantitative estimate of drug-likeness (QED) is 0.650. The fourth-order valence-electron chi connectivity index (χ4n) is 1.37. The Morgan fingerprint density at radius 3 is 2.82 bits per heavy atom. The second-order valence-corrected chi connectivity index (χ2v) is 3.07. The molecular weight excluding hydrogens is 138 g/mol. The molecule has 3 nitrogen and oxygen atoms in total. The second-order valence-electron chi connectivity index (χ2n) is 3.07. The zero-order valence-corrected chi connectivity index (χ0v) is 6.39. The zero-order chi connectivity index (χ0) is 7.90. The molecule has 0 amide bonds. The molecular formula is C8H9N3. The van der Waals surface area contributed by atoms with E-state index in [1.807, 2.05) is 6.92 Å². The number of nitriles is 1. The number of aryl methyl sites for hydroxylation is 1. The van der Waals surface area contributed by atoms with Crippen molar-refractivity contribution in [2.45, 2.75) is 25.2 Å². The topological polar surface area (TPSA) is 52.5 Å². The molecule has 1 aromatic rings. The third kappa shape index (κ3) is 0.758. The summed E-state index contributed by atoms with van der Waals surface area (Å²) in [6, 6.07) is 2.31. The van der Waals surface area contributed by atoms with Gasteiger partial charge in [0.2, 0.25) is 0 Å². The van der Waals surface area contributed by atoms with Crippen molar-refractivity contribution >= 4 is 0 Å². The van der Waals surface area contributed by atoms with Crippen molar-refractivity contribution in [3.8, 4) is 6.07 Å². The van der Waals surface area contributed by atoms with Crippen LogP contribution in [0.4, 0.5) is 0 Å². The predicted molar refractivity (Wildman–Crippen MR) is 39.8 cm³/mol. The summed E-state index contributed by atoms with van der Waals surface area (Å²) >= 11 is 0. The monoisotopic (exact) mass is 147 g/mol. The standard InChI is InChI=1S/C8H9N3/c1-6-7(11-5-10-6)8(4-9)2-3-8/h5H,2-3H2,1H3,(H,10,11). The van der Waals surface area contributed by atoms with Crippen molar-refractivity contribution in [1.29, 1.82) is 5.26 Å². The number of aromatic amines is 1. The Kier molecular flexibility index (Phi) is 1.08. The van der Waals surface area contributed by atoms with E-state index in [9.17, 15) is 0 Å². The van der Waals surface area contributed by atoms with Gasteiger partial charge in [0.25, 0.3) is 0 Å². The van der Waals surface area contributed by atoms with Crippen molar-refractivity contribution in [3.05, 3.63) is 17.7 Å². The van der Waals surface area contributed by atoms with Crippen LogP contribution in [0, 0.1) is 18.3 Å². The van der Waals surface area contributed by atoms with E-state index in [0.717, 1.165) is 24.2 Å². The van der Waals surface area contributed by atoms with Gasteiger partial charge < -0.3 is 4.98 Å². The minimum atomic E-state index is -0.232. The fraction of sp³-hybridized carbons (Fsp3) is 0.500. The summed E-state index contributed by atoms with van der Waals surface area (Å²) in [5.41, 5.74) is 1.74. The van der Waals surface area contributed by atoms with Gasteiger partial charge in [-0.2, -0.15) is 5.26 Å². The molecule has 0 aliphatic heterocycles. The van der Waals surface area contributed by atoms with Gasteiger partial charge in [-0.1, -0.05) is 0 Å². The summed E-state index contributed by atoms with van der Waals surface area (Å²) in [5, 5.41) is 8.85. The van der Waals surface area contributed by atoms with Crippen LogP contribution in [0.2, 0.25) is 0 Å². The molecule has 1 fully saturated rings. The van der Waals surface area contributed by atoms with Crippen LogP contribution >= 0.6 is 0 Å². The second kappa shape index (κ2) is 1.85. The molecule has 0 unspecified atom stereocenters. The number of H-pyrrole nitrogens is 1. The number of imidazole rings is 1. The lowest BCUT2D eigenvalue weighted by Crippen LogP contribution is -2.04. The molecule has 0 radical (unpaired) electrons. The largest absolute Gasteiger partial charge is 0.348 e. The minimum absolute atomic E-state index is 0.232. The van der Waals surface area contributed by atoms with E-state index in [1.165, 1.54) is 0 Å². The van der Waals surface area contributed by atoms with Gasteiger partial charge in [0, 0.05) is 5.69 Å². The lowest BCUT2D eigenvalue weighted by molar-refractivity contribution is 0.854. The van der Waals surface area contributed by atoms with E-state index < -0.39 is 0 Å². The third-order valence-electron chi connectivity index (χ3n) is 2.25. The van der Waals surface area contributed by atoms with Crippen molar-refractivity contribution in [2.75, 3.05) is 0 Å². The highest BCUT2D eigenvalue weighted by Gasteiger charge is 2.47. The van der Waals surface area contributed by atoms with E-state index >= 15 is 0 Å². The molecule has 0 saturated heterocycles. The van der Waals surface area contributed by atoms with Crippen LogP contribution in [0.1, 0.15) is 24.2 Å². The van der Waals surface area contributed by atoms with Crippen LogP contribution in [0.3, 0.4) is 0 Å². The lowest BCUT2D eigenvalue weighted by atomic mass is 10.0. The van der Waals surface area contributed by atoms with Crippen molar-refractivity contribution in [1.82, 2.24) is 9.97 Å². The van der Waals surface area contributed by atoms with Crippen LogP contribution in [-0.4, -0.2) is 9.97 Å². The van der Waals surface area contributed by atoms with E-state index in [4.69, 9.17) is 5.26 Å². The van der Waals surface area contributed by atoms with E-state index in [-0.39, 0.29) is 5.41 Å². The van der Waals surface area contributed by atoms with Gasteiger partial charge in [-0.05, 0) is 19.8 Å². The van der Waals surface area contributed by atoms with Gasteiger partial charge in [-0.25, -0.2) is 4.98 Å². The summed E-state index contributed by atoms with van der Waals surface area (Å²) in [4.78, 5) is 7.13. The summed E-state index contributed by atoms with van der Waals surface area (Å²) in [5.74, 6) is 0. The Bertz CT molecular complexity index is 314. The molecule has 11 heavy (non-hydrogen) atoms. The summed E-state index contributed by atoms with van der Waals surface area (Å²) in [7, 11) is 0. The Morgan fingerprint density at radius 1 is 1.73 bits per heavy atom. The molecule has 0 aromatic carbocycles. The first-order valence-electron chi connectivity index (χ1n) is 3.70. The molecule has 0 bridgehead atoms. The average Bonchev–Trinajstić information content (AvgIpc) is 2.70. The first-order chi connectivity index (χ1) is 5.28. The smallest absolute Gasteiger partial charge is 0.101 e. The Morgan fingerprint density at radius 2 is 2.45 bits per heavy atom. The summed E-state index contributed by atoms with van der Waals surface area (Å²) < 4.78 is 0. The number of nitrogens with zero attached hydrogens (tertiary/aromatic N) is 2. The molecule has 1 N–H and O–H groups in total. The number of hydrogen-bond donors (Lipinski definition) is 1. The van der Waals surface area contributed by atoms with Gasteiger partial charge >= 0.3 is 0 Å². The van der Waals surface area contributed by atoms with Gasteiger partial charge in [0.1, 0.15) is 5.41 Å². The molecule has 1 aromatic heterocycles. The number of aromatic nitrogens is 2. The number of hydrogen-bond acceptors (Lipinski definition) is 2. The SMILES string of the molecule is Cc1[nH]cnc1C1(C#N)CC1. The first-order valence-corrected chi connectivity index (χ1v) is 3.70. The van der Waals surface area contributed by atoms with E-state index in [1.54, 1.807) is 6.33 Å². The minimum Gasteiger partial charge on any atom is -0.348 e. The Balaban J connectivity index is 2.45. The van der Waals surface area contributed by atoms with E-state index in [0.29, 0.717) is 0 Å². The summed E-state index contributed by atoms with van der Waals surface area (Å²) in [6.45, 7) is 1.96. The van der Waals surface area contributed by atoms with Crippen LogP contribution in [-0.2, 0) is 5.41 Å². The van der Waals surface area contributed by atoms with Crippen LogP contribution < -0.4 is 0 Å². The molecule has 1 aliphatic carbocycles. The van der Waals surface area contributed by atoms with Crippen molar-refractivity contribution in [2.24, 2.45) is 0 Å². The van der Waals surface area contributed by atoms with Crippen LogP contribution in [0.15, 0.2) is 6.33 Å². The van der Waals surface area contributed by atoms with Gasteiger partial charge in [0.15, 0.2) is 0 Å². The number of rotatable bonds is 1. The average molecular weight is 147 g/mol. The maximum atomic E-state index is 8.85.